The Morgan fingerprint density at radius 3 is 3.00 bits per heavy atom. The van der Waals surface area contributed by atoms with Crippen LogP contribution in [0.2, 0.25) is 5.02 Å². The molecule has 10 nitrogen and oxygen atoms in total. The fourth-order valence-corrected chi connectivity index (χ4v) is 4.07. The summed E-state index contributed by atoms with van der Waals surface area (Å²) >= 11 is 6.41. The van der Waals surface area contributed by atoms with Gasteiger partial charge in [-0.15, -0.1) is 0 Å². The van der Waals surface area contributed by atoms with E-state index in [0.717, 1.165) is 22.0 Å². The minimum atomic E-state index is -0.134. The molecule has 0 spiro atoms. The van der Waals surface area contributed by atoms with Crippen LogP contribution in [0.4, 0.5) is 16.4 Å². The first-order chi connectivity index (χ1) is 15.6. The van der Waals surface area contributed by atoms with Crippen LogP contribution in [0.25, 0.3) is 22.1 Å². The molecule has 1 aromatic carbocycles. The minimum absolute atomic E-state index is 0.0380. The van der Waals surface area contributed by atoms with E-state index in [0.29, 0.717) is 48.5 Å². The Kier molecular flexibility index (Phi) is 5.36. The average Bonchev–Trinajstić information content (AvgIpc) is 3.43. The number of carbonyl (C=O) groups is 1. The van der Waals surface area contributed by atoms with E-state index in [1.165, 1.54) is 6.33 Å². The van der Waals surface area contributed by atoms with Gasteiger partial charge in [0, 0.05) is 37.1 Å². The number of carbonyl (C=O) groups excluding carboxylic acids is 1. The molecule has 1 aliphatic heterocycles. The van der Waals surface area contributed by atoms with Gasteiger partial charge in [0.05, 0.1) is 22.9 Å². The number of hydrogen-bond donors (Lipinski definition) is 4. The zero-order valence-corrected chi connectivity index (χ0v) is 18.1. The number of fused-ring (bicyclic) bond motifs is 2. The Bertz CT molecular complexity index is 1290. The van der Waals surface area contributed by atoms with Crippen LogP contribution in [0.5, 0.6) is 0 Å². The number of halogens is 1. The van der Waals surface area contributed by atoms with Crippen LogP contribution in [0.15, 0.2) is 36.9 Å². The summed E-state index contributed by atoms with van der Waals surface area (Å²) in [5.74, 6) is 1.37. The summed E-state index contributed by atoms with van der Waals surface area (Å²) in [5, 5.41) is 11.2. The number of pyridine rings is 1. The summed E-state index contributed by atoms with van der Waals surface area (Å²) in [6.07, 6.45) is 3.08. The van der Waals surface area contributed by atoms with E-state index in [1.807, 2.05) is 25.1 Å². The largest absolute Gasteiger partial charge is 0.368 e. The quantitative estimate of drug-likeness (QED) is 0.340. The first-order valence-corrected chi connectivity index (χ1v) is 10.7. The van der Waals surface area contributed by atoms with Crippen LogP contribution in [0, 0.1) is 0 Å². The van der Waals surface area contributed by atoms with E-state index in [4.69, 9.17) is 16.6 Å². The van der Waals surface area contributed by atoms with Crippen LogP contribution in [0.1, 0.15) is 18.5 Å². The lowest BCUT2D eigenvalue weighted by molar-refractivity contribution is 0.219. The topological polar surface area (TPSA) is 124 Å². The number of nitrogens with one attached hydrogen (secondary N) is 4. The Labute approximate surface area is 188 Å². The first kappa shape index (κ1) is 20.3. The Morgan fingerprint density at radius 1 is 1.25 bits per heavy atom. The number of hydrogen-bond acceptors (Lipinski definition) is 7. The maximum atomic E-state index is 11.8. The summed E-state index contributed by atoms with van der Waals surface area (Å²) < 4.78 is 0. The van der Waals surface area contributed by atoms with Crippen molar-refractivity contribution in [2.45, 2.75) is 13.0 Å². The van der Waals surface area contributed by atoms with Crippen molar-refractivity contribution in [1.82, 2.24) is 35.1 Å². The first-order valence-electron chi connectivity index (χ1n) is 10.4. The van der Waals surface area contributed by atoms with Gasteiger partial charge in [-0.2, -0.15) is 0 Å². The van der Waals surface area contributed by atoms with Gasteiger partial charge in [-0.3, -0.25) is 0 Å². The van der Waals surface area contributed by atoms with E-state index in [-0.39, 0.29) is 12.1 Å². The third kappa shape index (κ3) is 3.84. The molecule has 11 heteroatoms. The molecule has 1 atom stereocenters. The molecule has 32 heavy (non-hydrogen) atoms. The molecule has 0 saturated carbocycles. The van der Waals surface area contributed by atoms with E-state index in [1.54, 1.807) is 11.2 Å². The lowest BCUT2D eigenvalue weighted by atomic mass is 10.1. The van der Waals surface area contributed by atoms with Crippen molar-refractivity contribution in [2.75, 3.05) is 36.8 Å². The Balaban J connectivity index is 1.45. The standard InChI is InChI=1S/C21H22ClN9O/c1-12(29-20-17-19(26-10-25-17)27-11-28-20)14-9-13-3-2-4-15(22)16(13)30-18(14)23-5-7-31-8-6-24-21(31)32/h2-4,9-12H,5-8H2,1H3,(H,23,30)(H,24,32)(H2,25,26,27,28,29). The van der Waals surface area contributed by atoms with Gasteiger partial charge in [0.15, 0.2) is 11.5 Å². The maximum absolute atomic E-state index is 11.8. The molecule has 4 aromatic rings. The van der Waals surface area contributed by atoms with Crippen LogP contribution < -0.4 is 16.0 Å². The number of aromatic nitrogens is 5. The third-order valence-corrected chi connectivity index (χ3v) is 5.79. The van der Waals surface area contributed by atoms with Gasteiger partial charge in [0.2, 0.25) is 0 Å². The second-order valence-corrected chi connectivity index (χ2v) is 7.98. The average molecular weight is 452 g/mol. The Hall–Kier alpha value is -3.66. The van der Waals surface area contributed by atoms with Crippen molar-refractivity contribution in [2.24, 2.45) is 0 Å². The summed E-state index contributed by atoms with van der Waals surface area (Å²) in [5.41, 5.74) is 3.02. The van der Waals surface area contributed by atoms with Gasteiger partial charge in [0.1, 0.15) is 17.7 Å². The van der Waals surface area contributed by atoms with Crippen molar-refractivity contribution < 1.29 is 4.79 Å². The van der Waals surface area contributed by atoms with Crippen molar-refractivity contribution in [3.63, 3.8) is 0 Å². The van der Waals surface area contributed by atoms with E-state index in [2.05, 4.69) is 42.0 Å². The molecule has 3 aromatic heterocycles. The van der Waals surface area contributed by atoms with E-state index >= 15 is 0 Å². The smallest absolute Gasteiger partial charge is 0.317 e. The molecule has 1 saturated heterocycles. The second kappa shape index (κ2) is 8.46. The number of nitrogens with zero attached hydrogens (tertiary/aromatic N) is 5. The van der Waals surface area contributed by atoms with Crippen LogP contribution in [-0.2, 0) is 0 Å². The zero-order chi connectivity index (χ0) is 22.1. The number of imidazole rings is 1. The monoisotopic (exact) mass is 451 g/mol. The fraction of sp³-hybridized carbons (Fsp3) is 0.286. The lowest BCUT2D eigenvalue weighted by Crippen LogP contribution is -2.32. The third-order valence-electron chi connectivity index (χ3n) is 5.49. The van der Waals surface area contributed by atoms with Gasteiger partial charge >= 0.3 is 6.03 Å². The van der Waals surface area contributed by atoms with Gasteiger partial charge in [-0.1, -0.05) is 23.7 Å². The summed E-state index contributed by atoms with van der Waals surface area (Å²) in [6.45, 7) is 4.56. The van der Waals surface area contributed by atoms with E-state index in [9.17, 15) is 4.79 Å². The number of H-pyrrole nitrogens is 1. The Morgan fingerprint density at radius 2 is 2.16 bits per heavy atom. The van der Waals surface area contributed by atoms with Gasteiger partial charge < -0.3 is 25.8 Å². The van der Waals surface area contributed by atoms with Crippen molar-refractivity contribution >= 4 is 51.3 Å². The molecule has 5 rings (SSSR count). The van der Waals surface area contributed by atoms with Crippen LogP contribution in [0.3, 0.4) is 0 Å². The summed E-state index contributed by atoms with van der Waals surface area (Å²) in [4.78, 5) is 34.2. The number of para-hydroxylation sites is 1. The van der Waals surface area contributed by atoms with E-state index < -0.39 is 0 Å². The number of urea groups is 1. The summed E-state index contributed by atoms with van der Waals surface area (Å²) in [7, 11) is 0. The summed E-state index contributed by atoms with van der Waals surface area (Å²) in [6, 6.07) is 7.62. The number of benzene rings is 1. The highest BCUT2D eigenvalue weighted by molar-refractivity contribution is 6.35. The van der Waals surface area contributed by atoms with Crippen LogP contribution >= 0.6 is 11.6 Å². The molecule has 0 radical (unpaired) electrons. The van der Waals surface area contributed by atoms with Gasteiger partial charge in [0.25, 0.3) is 0 Å². The molecular weight excluding hydrogens is 430 g/mol. The van der Waals surface area contributed by atoms with Crippen molar-refractivity contribution in [3.8, 4) is 0 Å². The lowest BCUT2D eigenvalue weighted by Gasteiger charge is -2.21. The molecule has 2 amide bonds. The number of amides is 2. The van der Waals surface area contributed by atoms with Gasteiger partial charge in [-0.05, 0) is 19.1 Å². The number of rotatable bonds is 7. The fourth-order valence-electron chi connectivity index (χ4n) is 3.84. The molecular formula is C21H22ClN9O. The molecule has 1 fully saturated rings. The highest BCUT2D eigenvalue weighted by atomic mass is 35.5. The normalized spacial score (nSPS) is 14.7. The SMILES string of the molecule is CC(Nc1ncnc2nc[nH]c12)c1cc2cccc(Cl)c2nc1NCCN1CCNC1=O. The number of anilines is 2. The molecule has 164 valence electrons. The predicted molar refractivity (Wildman–Crippen MR) is 124 cm³/mol. The molecule has 0 aliphatic carbocycles. The molecule has 4 heterocycles. The van der Waals surface area contributed by atoms with Crippen LogP contribution in [-0.4, -0.2) is 62.0 Å². The number of aromatic amines is 1. The minimum Gasteiger partial charge on any atom is -0.368 e. The van der Waals surface area contributed by atoms with Crippen molar-refractivity contribution in [3.05, 3.63) is 47.5 Å². The molecule has 1 aliphatic rings. The predicted octanol–water partition coefficient (Wildman–Crippen LogP) is 3.16. The maximum Gasteiger partial charge on any atom is 0.317 e. The molecule has 0 bridgehead atoms. The van der Waals surface area contributed by atoms with Gasteiger partial charge in [-0.25, -0.2) is 24.7 Å². The molecule has 1 unspecified atom stereocenters. The highest BCUT2D eigenvalue weighted by Crippen LogP contribution is 2.31. The molecule has 4 N–H and O–H groups in total. The second-order valence-electron chi connectivity index (χ2n) is 7.57. The van der Waals surface area contributed by atoms with Crippen molar-refractivity contribution in [1.29, 1.82) is 0 Å². The highest BCUT2D eigenvalue weighted by Gasteiger charge is 2.20. The zero-order valence-electron chi connectivity index (χ0n) is 17.4.